The second-order valence-electron chi connectivity index (χ2n) is 3.76. The summed E-state index contributed by atoms with van der Waals surface area (Å²) in [6.07, 6.45) is 0. The fourth-order valence-electron chi connectivity index (χ4n) is 1.03. The molecule has 0 spiro atoms. The standard InChI is InChI=1S/C9H23NO3Si/c1-9(11-4,12-5)14-7-6-13-8-10(2)3/h6-8,14H2,1-5H3. The van der Waals surface area contributed by atoms with Crippen LogP contribution in [0.1, 0.15) is 6.92 Å². The lowest BCUT2D eigenvalue weighted by Crippen LogP contribution is -2.37. The highest BCUT2D eigenvalue weighted by molar-refractivity contribution is 6.38. The Morgan fingerprint density at radius 2 is 1.79 bits per heavy atom. The molecule has 0 atom stereocenters. The van der Waals surface area contributed by atoms with Gasteiger partial charge < -0.3 is 14.2 Å². The van der Waals surface area contributed by atoms with Crippen LogP contribution < -0.4 is 0 Å². The first-order chi connectivity index (χ1) is 6.54. The number of hydrogen-bond donors (Lipinski definition) is 0. The number of hydrogen-bond acceptors (Lipinski definition) is 4. The molecule has 0 radical (unpaired) electrons. The zero-order valence-electron chi connectivity index (χ0n) is 10.0. The first-order valence-electron chi connectivity index (χ1n) is 4.87. The summed E-state index contributed by atoms with van der Waals surface area (Å²) >= 11 is 0. The van der Waals surface area contributed by atoms with Gasteiger partial charge in [0, 0.05) is 20.8 Å². The minimum Gasteiger partial charge on any atom is -0.366 e. The highest BCUT2D eigenvalue weighted by Gasteiger charge is 2.21. The predicted octanol–water partition coefficient (Wildman–Crippen LogP) is 0.0757. The monoisotopic (exact) mass is 221 g/mol. The molecule has 0 amide bonds. The predicted molar refractivity (Wildman–Crippen MR) is 60.3 cm³/mol. The van der Waals surface area contributed by atoms with Gasteiger partial charge >= 0.3 is 0 Å². The van der Waals surface area contributed by atoms with Gasteiger partial charge in [-0.3, -0.25) is 4.90 Å². The van der Waals surface area contributed by atoms with Crippen LogP contribution in [0.4, 0.5) is 0 Å². The molecule has 0 unspecified atom stereocenters. The van der Waals surface area contributed by atoms with Gasteiger partial charge in [0.25, 0.3) is 0 Å². The van der Waals surface area contributed by atoms with Crippen LogP contribution in [0, 0.1) is 0 Å². The van der Waals surface area contributed by atoms with Gasteiger partial charge in [-0.25, -0.2) is 0 Å². The van der Waals surface area contributed by atoms with E-state index in [0.717, 1.165) is 12.7 Å². The average Bonchev–Trinajstić information content (AvgIpc) is 2.16. The van der Waals surface area contributed by atoms with Crippen molar-refractivity contribution in [2.75, 3.05) is 41.7 Å². The zero-order chi connectivity index (χ0) is 11.0. The molecular weight excluding hydrogens is 198 g/mol. The van der Waals surface area contributed by atoms with E-state index in [1.165, 1.54) is 0 Å². The molecule has 0 aromatic rings. The van der Waals surface area contributed by atoms with Gasteiger partial charge in [0.05, 0.1) is 16.3 Å². The summed E-state index contributed by atoms with van der Waals surface area (Å²) in [5.74, 6) is 0. The van der Waals surface area contributed by atoms with E-state index in [9.17, 15) is 0 Å². The van der Waals surface area contributed by atoms with Crippen LogP contribution >= 0.6 is 0 Å². The van der Waals surface area contributed by atoms with E-state index in [2.05, 4.69) is 0 Å². The molecule has 0 aliphatic carbocycles. The quantitative estimate of drug-likeness (QED) is 0.330. The Hall–Kier alpha value is 0.0569. The van der Waals surface area contributed by atoms with Gasteiger partial charge in [-0.2, -0.15) is 0 Å². The third-order valence-corrected chi connectivity index (χ3v) is 4.26. The van der Waals surface area contributed by atoms with Gasteiger partial charge in [-0.1, -0.05) is 0 Å². The second kappa shape index (κ2) is 7.36. The Kier molecular flexibility index (Phi) is 7.39. The van der Waals surface area contributed by atoms with E-state index in [1.807, 2.05) is 25.9 Å². The van der Waals surface area contributed by atoms with E-state index in [-0.39, 0.29) is 5.41 Å². The van der Waals surface area contributed by atoms with E-state index in [4.69, 9.17) is 14.2 Å². The number of ether oxygens (including phenoxy) is 3. The molecule has 0 saturated carbocycles. The van der Waals surface area contributed by atoms with Crippen molar-refractivity contribution >= 4 is 9.52 Å². The van der Waals surface area contributed by atoms with E-state index in [0.29, 0.717) is 6.73 Å². The van der Waals surface area contributed by atoms with Crippen molar-refractivity contribution in [3.8, 4) is 0 Å². The number of nitrogens with zero attached hydrogens (tertiary/aromatic N) is 1. The van der Waals surface area contributed by atoms with E-state index < -0.39 is 9.52 Å². The summed E-state index contributed by atoms with van der Waals surface area (Å²) < 4.78 is 16.0. The minimum atomic E-state index is -0.404. The zero-order valence-corrected chi connectivity index (χ0v) is 11.4. The molecule has 14 heavy (non-hydrogen) atoms. The molecule has 0 aliphatic rings. The Balaban J connectivity index is 3.43. The van der Waals surface area contributed by atoms with Crippen LogP contribution in [-0.2, 0) is 14.2 Å². The van der Waals surface area contributed by atoms with Crippen LogP contribution in [0.2, 0.25) is 6.04 Å². The van der Waals surface area contributed by atoms with Crippen molar-refractivity contribution in [3.63, 3.8) is 0 Å². The molecule has 0 fully saturated rings. The average molecular weight is 221 g/mol. The lowest BCUT2D eigenvalue weighted by Gasteiger charge is -2.26. The fourth-order valence-corrected chi connectivity index (χ4v) is 2.43. The van der Waals surface area contributed by atoms with E-state index in [1.54, 1.807) is 14.2 Å². The van der Waals surface area contributed by atoms with E-state index >= 15 is 0 Å². The van der Waals surface area contributed by atoms with Gasteiger partial charge in [0.15, 0.2) is 0 Å². The van der Waals surface area contributed by atoms with Crippen LogP contribution in [0.3, 0.4) is 0 Å². The largest absolute Gasteiger partial charge is 0.366 e. The van der Waals surface area contributed by atoms with Gasteiger partial charge in [-0.05, 0) is 27.1 Å². The van der Waals surface area contributed by atoms with Crippen molar-refractivity contribution in [1.82, 2.24) is 4.90 Å². The van der Waals surface area contributed by atoms with Crippen molar-refractivity contribution in [3.05, 3.63) is 0 Å². The molecular formula is C9H23NO3Si. The molecule has 0 bridgehead atoms. The summed E-state index contributed by atoms with van der Waals surface area (Å²) in [6, 6.07) is 1.08. The van der Waals surface area contributed by atoms with Gasteiger partial charge in [-0.15, -0.1) is 0 Å². The molecule has 86 valence electrons. The summed E-state index contributed by atoms with van der Waals surface area (Å²) in [5, 5.41) is 0. The molecule has 0 aromatic carbocycles. The van der Waals surface area contributed by atoms with Crippen LogP contribution in [0.5, 0.6) is 0 Å². The Morgan fingerprint density at radius 1 is 1.21 bits per heavy atom. The first-order valence-corrected chi connectivity index (χ1v) is 6.57. The lowest BCUT2D eigenvalue weighted by atomic mass is 10.7. The highest BCUT2D eigenvalue weighted by atomic mass is 28.2. The molecule has 0 rings (SSSR count). The third-order valence-electron chi connectivity index (χ3n) is 2.13. The Bertz CT molecular complexity index is 140. The smallest absolute Gasteiger partial charge is 0.141 e. The van der Waals surface area contributed by atoms with Crippen LogP contribution in [0.25, 0.3) is 0 Å². The molecule has 0 aromatic heterocycles. The lowest BCUT2D eigenvalue weighted by molar-refractivity contribution is -0.131. The summed E-state index contributed by atoms with van der Waals surface area (Å²) in [4.78, 5) is 2.01. The van der Waals surface area contributed by atoms with Crippen molar-refractivity contribution < 1.29 is 14.2 Å². The summed E-state index contributed by atoms with van der Waals surface area (Å²) in [6.45, 7) is 3.48. The maximum atomic E-state index is 5.43. The second-order valence-corrected chi connectivity index (χ2v) is 6.25. The molecule has 0 N–H and O–H groups in total. The van der Waals surface area contributed by atoms with Crippen molar-refractivity contribution in [1.29, 1.82) is 0 Å². The van der Waals surface area contributed by atoms with Crippen molar-refractivity contribution in [2.24, 2.45) is 0 Å². The normalized spacial score (nSPS) is 13.3. The van der Waals surface area contributed by atoms with Gasteiger partial charge in [0.2, 0.25) is 0 Å². The summed E-state index contributed by atoms with van der Waals surface area (Å²) in [7, 11) is 6.96. The summed E-state index contributed by atoms with van der Waals surface area (Å²) in [5.41, 5.74) is -0.332. The topological polar surface area (TPSA) is 30.9 Å². The first kappa shape index (κ1) is 14.1. The third kappa shape index (κ3) is 6.50. The number of methoxy groups -OCH3 is 2. The minimum absolute atomic E-state index is 0.332. The molecule has 0 aliphatic heterocycles. The maximum absolute atomic E-state index is 5.43. The van der Waals surface area contributed by atoms with Gasteiger partial charge in [0.1, 0.15) is 5.41 Å². The molecule has 0 heterocycles. The fraction of sp³-hybridized carbons (Fsp3) is 1.00. The number of rotatable bonds is 8. The van der Waals surface area contributed by atoms with Crippen LogP contribution in [0.15, 0.2) is 0 Å². The highest BCUT2D eigenvalue weighted by Crippen LogP contribution is 2.09. The Morgan fingerprint density at radius 3 is 2.21 bits per heavy atom. The molecule has 5 heteroatoms. The SMILES string of the molecule is COC(C)(OC)[SiH2]CCOCN(C)C. The van der Waals surface area contributed by atoms with Crippen molar-refractivity contribution in [2.45, 2.75) is 18.4 Å². The Labute approximate surface area is 89.3 Å². The van der Waals surface area contributed by atoms with Crippen LogP contribution in [-0.4, -0.2) is 61.5 Å². The maximum Gasteiger partial charge on any atom is 0.141 e. The molecule has 4 nitrogen and oxygen atoms in total. The molecule has 0 saturated heterocycles.